The summed E-state index contributed by atoms with van der Waals surface area (Å²) in [6, 6.07) is 18.6. The Bertz CT molecular complexity index is 2990. The topological polar surface area (TPSA) is 252 Å². The molecule has 2 fully saturated rings. The molecule has 2 aliphatic heterocycles. The number of fused-ring (bicyclic) bond motifs is 2. The van der Waals surface area contributed by atoms with E-state index in [1.165, 1.54) is 26.0 Å². The first-order valence-electron chi connectivity index (χ1n) is 22.5. The van der Waals surface area contributed by atoms with Crippen molar-refractivity contribution in [3.63, 3.8) is 0 Å². The molecule has 0 spiro atoms. The highest BCUT2D eigenvalue weighted by Gasteiger charge is 2.27. The lowest BCUT2D eigenvalue weighted by Crippen LogP contribution is -2.49. The number of oxime groups is 1. The molecular formula is C48H60Cl2N14O9. The minimum absolute atomic E-state index is 0. The second-order valence-electron chi connectivity index (χ2n) is 16.2. The van der Waals surface area contributed by atoms with E-state index >= 15 is 0 Å². The number of benzene rings is 2. The second-order valence-corrected chi connectivity index (χ2v) is 17.0. The average Bonchev–Trinajstić information content (AvgIpc) is 4.13. The number of aromatic nitrogens is 8. The van der Waals surface area contributed by atoms with Crippen LogP contribution in [0.25, 0.3) is 33.6 Å². The van der Waals surface area contributed by atoms with Crippen molar-refractivity contribution in [2.75, 3.05) is 97.7 Å². The second kappa shape index (κ2) is 24.9. The molecule has 2 amide bonds. The minimum Gasteiger partial charge on any atom is -0.495 e. The van der Waals surface area contributed by atoms with Gasteiger partial charge in [0, 0.05) is 123 Å². The number of ether oxygens (including phenoxy) is 5. The fourth-order valence-corrected chi connectivity index (χ4v) is 8.25. The third kappa shape index (κ3) is 12.8. The molecule has 3 N–H and O–H groups in total. The smallest absolute Gasteiger partial charge is 0.279 e. The number of methoxy groups -OCH3 is 5. The first-order valence-corrected chi connectivity index (χ1v) is 23.3. The van der Waals surface area contributed by atoms with Gasteiger partial charge in [0.2, 0.25) is 23.5 Å². The Balaban J connectivity index is 0.000000205. The van der Waals surface area contributed by atoms with Crippen molar-refractivity contribution in [1.29, 1.82) is 0 Å². The average molecular weight is 1050 g/mol. The number of halogens is 2. The fraction of sp³-hybridized carbons (Fsp3) is 0.396. The standard InChI is InChI=1S/C22H22ClN7O3.C20H22ClN7O3.C5H12O3.CH4/c1-14-25-21(27-33-14)20-16-4-3-7-24-22(16)30(26-20)13-19(31)29-10-8-28(9-11-29)15-5-6-17(23)18(12-15)32-2;1-31-16-11-13(4-5-15(16)21)26-7-9-27(10-8-26)17(29)12-28-20-14(3-2-6-23-20)18(24-28)19(22)25-30;1-5(6-2,7-3)8-4;/h3-7,12H,8-11,13H2,1-2H3;2-6,11,30H,7-10,12H2,1H3,(H2,22,25);1-4H3;1H4. The summed E-state index contributed by atoms with van der Waals surface area (Å²) in [6.45, 7) is 8.65. The predicted octanol–water partition coefficient (Wildman–Crippen LogP) is 5.57. The van der Waals surface area contributed by atoms with E-state index in [0.717, 1.165) is 16.8 Å². The van der Waals surface area contributed by atoms with E-state index in [2.05, 4.69) is 45.3 Å². The quantitative estimate of drug-likeness (QED) is 0.0470. The molecule has 25 heteroatoms. The number of piperazine rings is 2. The van der Waals surface area contributed by atoms with Gasteiger partial charge in [0.15, 0.2) is 17.1 Å². The van der Waals surface area contributed by atoms with Gasteiger partial charge in [-0.1, -0.05) is 40.9 Å². The number of amidine groups is 1. The number of carbonyl (C=O) groups is 2. The molecule has 23 nitrogen and oxygen atoms in total. The van der Waals surface area contributed by atoms with Crippen LogP contribution < -0.4 is 25.0 Å². The van der Waals surface area contributed by atoms with E-state index < -0.39 is 5.97 Å². The molecular weight excluding hydrogens is 988 g/mol. The molecule has 73 heavy (non-hydrogen) atoms. The summed E-state index contributed by atoms with van der Waals surface area (Å²) in [6.07, 6.45) is 3.29. The number of rotatable bonds is 13. The van der Waals surface area contributed by atoms with Crippen molar-refractivity contribution in [2.24, 2.45) is 10.9 Å². The molecule has 0 atom stereocenters. The normalized spacial score (nSPS) is 14.0. The van der Waals surface area contributed by atoms with Crippen molar-refractivity contribution >= 4 is 74.3 Å². The highest BCUT2D eigenvalue weighted by molar-refractivity contribution is 6.32. The first kappa shape index (κ1) is 55.0. The lowest BCUT2D eigenvalue weighted by Gasteiger charge is -2.36. The van der Waals surface area contributed by atoms with Gasteiger partial charge < -0.3 is 58.7 Å². The largest absolute Gasteiger partial charge is 0.495 e. The number of pyridine rings is 2. The van der Waals surface area contributed by atoms with E-state index in [0.29, 0.717) is 114 Å². The molecule has 5 aromatic heterocycles. The minimum atomic E-state index is -0.875. The zero-order valence-corrected chi connectivity index (χ0v) is 42.4. The Morgan fingerprint density at radius 3 is 1.62 bits per heavy atom. The lowest BCUT2D eigenvalue weighted by molar-refractivity contribution is -0.340. The molecule has 0 aliphatic carbocycles. The van der Waals surface area contributed by atoms with Gasteiger partial charge >= 0.3 is 0 Å². The SMILES string of the molecule is C.COC(C)(OC)OC.COc1cc(N2CCN(C(=O)Cn3nc(-c4noc(C)n4)c4cccnc43)CC2)ccc1Cl.COc1cc(N2CCN(C(=O)Cn3nc(/C(N)=N/O)c4cccnc43)CC2)ccc1Cl. The van der Waals surface area contributed by atoms with Crippen molar-refractivity contribution in [2.45, 2.75) is 40.3 Å². The lowest BCUT2D eigenvalue weighted by atomic mass is 10.2. The third-order valence-corrected chi connectivity index (χ3v) is 12.7. The first-order chi connectivity index (χ1) is 34.7. The molecule has 2 aliphatic rings. The van der Waals surface area contributed by atoms with Gasteiger partial charge in [-0.3, -0.25) is 9.59 Å². The molecule has 0 bridgehead atoms. The monoisotopic (exact) mass is 1050 g/mol. The van der Waals surface area contributed by atoms with Gasteiger partial charge in [0.25, 0.3) is 5.97 Å². The number of aryl methyl sites for hydroxylation is 1. The van der Waals surface area contributed by atoms with E-state index in [-0.39, 0.29) is 38.2 Å². The van der Waals surface area contributed by atoms with Crippen LogP contribution in [0.3, 0.4) is 0 Å². The van der Waals surface area contributed by atoms with Gasteiger partial charge in [-0.2, -0.15) is 15.2 Å². The zero-order valence-electron chi connectivity index (χ0n) is 40.9. The summed E-state index contributed by atoms with van der Waals surface area (Å²) in [7, 11) is 7.74. The van der Waals surface area contributed by atoms with Crippen LogP contribution in [0.15, 0.2) is 82.7 Å². The molecule has 7 heterocycles. The van der Waals surface area contributed by atoms with Crippen LogP contribution in [0.4, 0.5) is 11.4 Å². The number of amides is 2. The Labute approximate surface area is 431 Å². The Morgan fingerprint density at radius 1 is 0.726 bits per heavy atom. The van der Waals surface area contributed by atoms with E-state index in [9.17, 15) is 9.59 Å². The van der Waals surface area contributed by atoms with Crippen LogP contribution in [0.1, 0.15) is 25.9 Å². The number of nitrogens with zero attached hydrogens (tertiary/aromatic N) is 13. The molecule has 390 valence electrons. The van der Waals surface area contributed by atoms with Gasteiger partial charge in [0.1, 0.15) is 36.0 Å². The molecule has 7 aromatic rings. The maximum Gasteiger partial charge on any atom is 0.279 e. The molecule has 0 radical (unpaired) electrons. The molecule has 9 rings (SSSR count). The van der Waals surface area contributed by atoms with Crippen LogP contribution in [0, 0.1) is 6.92 Å². The van der Waals surface area contributed by atoms with Crippen molar-refractivity contribution in [1.82, 2.24) is 49.5 Å². The van der Waals surface area contributed by atoms with Gasteiger partial charge in [-0.05, 0) is 48.5 Å². The van der Waals surface area contributed by atoms with Gasteiger partial charge in [-0.15, -0.1) is 0 Å². The molecule has 0 unspecified atom stereocenters. The molecule has 2 saturated heterocycles. The Kier molecular flexibility index (Phi) is 18.8. The maximum atomic E-state index is 13.1. The summed E-state index contributed by atoms with van der Waals surface area (Å²) in [5, 5.41) is 27.4. The Hall–Kier alpha value is -7.31. The van der Waals surface area contributed by atoms with Crippen LogP contribution in [-0.4, -0.2) is 166 Å². The third-order valence-electron chi connectivity index (χ3n) is 12.1. The summed E-state index contributed by atoms with van der Waals surface area (Å²) >= 11 is 12.2. The maximum absolute atomic E-state index is 13.1. The van der Waals surface area contributed by atoms with Crippen LogP contribution in [0.2, 0.25) is 10.0 Å². The highest BCUT2D eigenvalue weighted by Crippen LogP contribution is 2.32. The highest BCUT2D eigenvalue weighted by atomic mass is 35.5. The van der Waals surface area contributed by atoms with Crippen molar-refractivity contribution < 1.29 is 43.0 Å². The Morgan fingerprint density at radius 2 is 1.19 bits per heavy atom. The predicted molar refractivity (Wildman–Crippen MR) is 275 cm³/mol. The van der Waals surface area contributed by atoms with Crippen LogP contribution in [0.5, 0.6) is 11.5 Å². The number of carbonyl (C=O) groups excluding carboxylic acids is 2. The van der Waals surface area contributed by atoms with Gasteiger partial charge in [0.05, 0.1) is 35.0 Å². The number of hydrogen-bond donors (Lipinski definition) is 2. The number of anilines is 2. The van der Waals surface area contributed by atoms with E-state index in [4.69, 9.17) is 62.4 Å². The van der Waals surface area contributed by atoms with E-state index in [1.54, 1.807) is 62.2 Å². The summed E-state index contributed by atoms with van der Waals surface area (Å²) < 4.78 is 33.2. The van der Waals surface area contributed by atoms with Crippen molar-refractivity contribution in [3.8, 4) is 23.0 Å². The van der Waals surface area contributed by atoms with Gasteiger partial charge in [-0.25, -0.2) is 19.3 Å². The van der Waals surface area contributed by atoms with Crippen LogP contribution in [-0.2, 0) is 36.9 Å². The summed E-state index contributed by atoms with van der Waals surface area (Å²) in [5.41, 5.74) is 9.69. The van der Waals surface area contributed by atoms with E-state index in [1.807, 2.05) is 53.4 Å². The summed E-state index contributed by atoms with van der Waals surface area (Å²) in [4.78, 5) is 47.0. The number of hydrogen-bond acceptors (Lipinski definition) is 18. The summed E-state index contributed by atoms with van der Waals surface area (Å²) in [5.74, 6) is 0.989. The molecule has 0 saturated carbocycles. The molecule has 2 aromatic carbocycles. The number of nitrogens with two attached hydrogens (primary N) is 1. The van der Waals surface area contributed by atoms with Crippen molar-refractivity contribution in [3.05, 3.63) is 94.7 Å². The zero-order chi connectivity index (χ0) is 51.5. The van der Waals surface area contributed by atoms with Crippen LogP contribution >= 0.6 is 23.2 Å². The fourth-order valence-electron chi connectivity index (χ4n) is 7.86.